The molecule has 0 unspecified atom stereocenters. The highest BCUT2D eigenvalue weighted by Gasteiger charge is 2.29. The van der Waals surface area contributed by atoms with Crippen molar-refractivity contribution in [2.75, 3.05) is 19.8 Å². The van der Waals surface area contributed by atoms with Crippen LogP contribution >= 0.6 is 0 Å². The first-order chi connectivity index (χ1) is 9.46. The first-order valence-electron chi connectivity index (χ1n) is 7.55. The molecule has 20 heavy (non-hydrogen) atoms. The molecule has 2 rings (SSSR count). The summed E-state index contributed by atoms with van der Waals surface area (Å²) >= 11 is 0. The molecule has 0 bridgehead atoms. The maximum absolute atomic E-state index is 5.89. The standard InChI is InChI=1S/C17H27NO2/c1-13(2)12-19-8-7-18-11-14-5-6-16-15(9-14)10-17(3,4)20-16/h5-6,9,13,18H,7-8,10-12H2,1-4H3. The van der Waals surface area contributed by atoms with Gasteiger partial charge in [-0.05, 0) is 37.0 Å². The van der Waals surface area contributed by atoms with Crippen molar-refractivity contribution in [1.82, 2.24) is 5.32 Å². The zero-order valence-electron chi connectivity index (χ0n) is 13.2. The van der Waals surface area contributed by atoms with Crippen LogP contribution in [0.15, 0.2) is 18.2 Å². The third-order valence-corrected chi connectivity index (χ3v) is 3.33. The molecule has 1 aliphatic rings. The van der Waals surface area contributed by atoms with Gasteiger partial charge in [-0.15, -0.1) is 0 Å². The number of hydrogen-bond acceptors (Lipinski definition) is 3. The highest BCUT2D eigenvalue weighted by molar-refractivity contribution is 5.41. The van der Waals surface area contributed by atoms with Crippen molar-refractivity contribution < 1.29 is 9.47 Å². The molecule has 112 valence electrons. The van der Waals surface area contributed by atoms with Crippen LogP contribution in [-0.4, -0.2) is 25.4 Å². The van der Waals surface area contributed by atoms with Crippen LogP contribution in [0.1, 0.15) is 38.8 Å². The van der Waals surface area contributed by atoms with E-state index in [0.29, 0.717) is 5.92 Å². The van der Waals surface area contributed by atoms with Crippen LogP contribution in [0.2, 0.25) is 0 Å². The molecular weight excluding hydrogens is 250 g/mol. The smallest absolute Gasteiger partial charge is 0.123 e. The monoisotopic (exact) mass is 277 g/mol. The van der Waals surface area contributed by atoms with E-state index >= 15 is 0 Å². The lowest BCUT2D eigenvalue weighted by atomic mass is 10.0. The van der Waals surface area contributed by atoms with Gasteiger partial charge in [0.2, 0.25) is 0 Å². The summed E-state index contributed by atoms with van der Waals surface area (Å²) in [6.07, 6.45) is 0.994. The number of rotatable bonds is 7. The van der Waals surface area contributed by atoms with E-state index in [9.17, 15) is 0 Å². The maximum atomic E-state index is 5.89. The molecule has 1 N–H and O–H groups in total. The number of nitrogens with one attached hydrogen (secondary N) is 1. The molecule has 1 aliphatic heterocycles. The average molecular weight is 277 g/mol. The van der Waals surface area contributed by atoms with Crippen LogP contribution in [0.4, 0.5) is 0 Å². The summed E-state index contributed by atoms with van der Waals surface area (Å²) in [7, 11) is 0. The van der Waals surface area contributed by atoms with Crippen LogP contribution in [-0.2, 0) is 17.7 Å². The maximum Gasteiger partial charge on any atom is 0.123 e. The van der Waals surface area contributed by atoms with Crippen molar-refractivity contribution in [3.05, 3.63) is 29.3 Å². The fraction of sp³-hybridized carbons (Fsp3) is 0.647. The van der Waals surface area contributed by atoms with Gasteiger partial charge in [0, 0.05) is 26.1 Å². The molecular formula is C17H27NO2. The molecule has 1 aromatic carbocycles. The van der Waals surface area contributed by atoms with E-state index in [4.69, 9.17) is 9.47 Å². The van der Waals surface area contributed by atoms with Gasteiger partial charge in [-0.2, -0.15) is 0 Å². The van der Waals surface area contributed by atoms with E-state index in [2.05, 4.69) is 51.2 Å². The molecule has 1 aromatic rings. The molecule has 3 heteroatoms. The highest BCUT2D eigenvalue weighted by Crippen LogP contribution is 2.35. The Morgan fingerprint density at radius 1 is 1.35 bits per heavy atom. The molecule has 0 aromatic heterocycles. The Morgan fingerprint density at radius 3 is 2.90 bits per heavy atom. The van der Waals surface area contributed by atoms with Crippen LogP contribution in [0.25, 0.3) is 0 Å². The molecule has 0 atom stereocenters. The van der Waals surface area contributed by atoms with Crippen molar-refractivity contribution in [1.29, 1.82) is 0 Å². The van der Waals surface area contributed by atoms with Gasteiger partial charge in [-0.3, -0.25) is 0 Å². The Hall–Kier alpha value is -1.06. The van der Waals surface area contributed by atoms with Gasteiger partial charge < -0.3 is 14.8 Å². The first-order valence-corrected chi connectivity index (χ1v) is 7.55. The van der Waals surface area contributed by atoms with E-state index < -0.39 is 0 Å². The quantitative estimate of drug-likeness (QED) is 0.777. The second-order valence-electron chi connectivity index (χ2n) is 6.63. The fourth-order valence-electron chi connectivity index (χ4n) is 2.47. The van der Waals surface area contributed by atoms with Gasteiger partial charge in [-0.1, -0.05) is 26.0 Å². The predicted octanol–water partition coefficient (Wildman–Crippen LogP) is 3.16. The zero-order chi connectivity index (χ0) is 14.6. The summed E-state index contributed by atoms with van der Waals surface area (Å²) in [5.41, 5.74) is 2.58. The number of benzene rings is 1. The van der Waals surface area contributed by atoms with Gasteiger partial charge in [0.05, 0.1) is 6.61 Å². The minimum atomic E-state index is -0.0565. The number of hydrogen-bond donors (Lipinski definition) is 1. The van der Waals surface area contributed by atoms with Crippen LogP contribution in [0, 0.1) is 5.92 Å². The number of fused-ring (bicyclic) bond motifs is 1. The average Bonchev–Trinajstić information content (AvgIpc) is 2.66. The van der Waals surface area contributed by atoms with Crippen molar-refractivity contribution >= 4 is 0 Å². The molecule has 0 saturated heterocycles. The molecule has 3 nitrogen and oxygen atoms in total. The molecule has 1 heterocycles. The second kappa shape index (κ2) is 6.59. The highest BCUT2D eigenvalue weighted by atomic mass is 16.5. The van der Waals surface area contributed by atoms with Crippen molar-refractivity contribution in [2.45, 2.75) is 46.3 Å². The van der Waals surface area contributed by atoms with E-state index in [1.54, 1.807) is 0 Å². The Morgan fingerprint density at radius 2 is 2.15 bits per heavy atom. The minimum Gasteiger partial charge on any atom is -0.487 e. The van der Waals surface area contributed by atoms with Crippen molar-refractivity contribution in [2.24, 2.45) is 5.92 Å². The van der Waals surface area contributed by atoms with Crippen molar-refractivity contribution in [3.8, 4) is 5.75 Å². The third-order valence-electron chi connectivity index (χ3n) is 3.33. The van der Waals surface area contributed by atoms with Crippen LogP contribution < -0.4 is 10.1 Å². The van der Waals surface area contributed by atoms with Gasteiger partial charge in [0.25, 0.3) is 0 Å². The lowest BCUT2D eigenvalue weighted by Crippen LogP contribution is -2.24. The normalized spacial score (nSPS) is 16.2. The zero-order valence-corrected chi connectivity index (χ0v) is 13.2. The topological polar surface area (TPSA) is 30.5 Å². The van der Waals surface area contributed by atoms with Crippen LogP contribution in [0.3, 0.4) is 0 Å². The van der Waals surface area contributed by atoms with Crippen LogP contribution in [0.5, 0.6) is 5.75 Å². The Labute approximate surface area is 122 Å². The third kappa shape index (κ3) is 4.50. The minimum absolute atomic E-state index is 0.0565. The lowest BCUT2D eigenvalue weighted by Gasteiger charge is -2.16. The first kappa shape index (κ1) is 15.3. The number of ether oxygens (including phenoxy) is 2. The van der Waals surface area contributed by atoms with Gasteiger partial charge in [0.15, 0.2) is 0 Å². The molecule has 0 amide bonds. The fourth-order valence-corrected chi connectivity index (χ4v) is 2.47. The van der Waals surface area contributed by atoms with Gasteiger partial charge >= 0.3 is 0 Å². The summed E-state index contributed by atoms with van der Waals surface area (Å²) in [6.45, 7) is 12.0. The summed E-state index contributed by atoms with van der Waals surface area (Å²) in [4.78, 5) is 0. The summed E-state index contributed by atoms with van der Waals surface area (Å²) in [5.74, 6) is 1.65. The molecule has 0 saturated carbocycles. The summed E-state index contributed by atoms with van der Waals surface area (Å²) in [5, 5.41) is 3.42. The molecule has 0 radical (unpaired) electrons. The predicted molar refractivity (Wildman–Crippen MR) is 82.2 cm³/mol. The Bertz CT molecular complexity index is 441. The van der Waals surface area contributed by atoms with E-state index in [1.165, 1.54) is 11.1 Å². The van der Waals surface area contributed by atoms with Crippen molar-refractivity contribution in [3.63, 3.8) is 0 Å². The Kier molecular flexibility index (Phi) is 5.06. The molecule has 0 fully saturated rings. The van der Waals surface area contributed by atoms with E-state index in [-0.39, 0.29) is 5.60 Å². The SMILES string of the molecule is CC(C)COCCNCc1ccc2c(c1)CC(C)(C)O2. The van der Waals surface area contributed by atoms with Gasteiger partial charge in [0.1, 0.15) is 11.4 Å². The summed E-state index contributed by atoms with van der Waals surface area (Å²) < 4.78 is 11.4. The lowest BCUT2D eigenvalue weighted by molar-refractivity contribution is 0.111. The molecule has 0 aliphatic carbocycles. The van der Waals surface area contributed by atoms with E-state index in [1.807, 2.05) is 0 Å². The summed E-state index contributed by atoms with van der Waals surface area (Å²) in [6, 6.07) is 6.49. The second-order valence-corrected chi connectivity index (χ2v) is 6.63. The Balaban J connectivity index is 1.73. The largest absolute Gasteiger partial charge is 0.487 e. The van der Waals surface area contributed by atoms with E-state index in [0.717, 1.165) is 38.5 Å². The van der Waals surface area contributed by atoms with Gasteiger partial charge in [-0.25, -0.2) is 0 Å². The molecule has 0 spiro atoms.